The Kier molecular flexibility index (Phi) is 7.68. The van der Waals surface area contributed by atoms with Gasteiger partial charge in [0.25, 0.3) is 5.91 Å². The molecular weight excluding hydrogens is 458 g/mol. The van der Waals surface area contributed by atoms with E-state index in [1.807, 2.05) is 42.5 Å². The Balaban J connectivity index is 1.37. The number of anilines is 1. The van der Waals surface area contributed by atoms with Gasteiger partial charge in [0.2, 0.25) is 5.91 Å². The number of amides is 3. The lowest BCUT2D eigenvalue weighted by Gasteiger charge is -2.35. The van der Waals surface area contributed by atoms with Crippen LogP contribution in [0.15, 0.2) is 60.8 Å². The molecule has 1 aliphatic heterocycles. The summed E-state index contributed by atoms with van der Waals surface area (Å²) >= 11 is 0. The molecule has 0 aliphatic carbocycles. The van der Waals surface area contributed by atoms with Gasteiger partial charge in [-0.05, 0) is 44.0 Å². The third-order valence-electron chi connectivity index (χ3n) is 6.29. The number of nitrogens with zero attached hydrogens (tertiary/aromatic N) is 4. The van der Waals surface area contributed by atoms with Crippen LogP contribution >= 0.6 is 0 Å². The van der Waals surface area contributed by atoms with Gasteiger partial charge in [0.15, 0.2) is 0 Å². The molecular formula is C27H31N5O4. The van der Waals surface area contributed by atoms with Gasteiger partial charge in [-0.2, -0.15) is 5.10 Å². The Morgan fingerprint density at radius 3 is 2.19 bits per heavy atom. The van der Waals surface area contributed by atoms with E-state index in [0.29, 0.717) is 49.7 Å². The van der Waals surface area contributed by atoms with Crippen LogP contribution in [0.1, 0.15) is 35.9 Å². The summed E-state index contributed by atoms with van der Waals surface area (Å²) in [6.45, 7) is 7.39. The summed E-state index contributed by atoms with van der Waals surface area (Å²) < 4.78 is 6.61. The zero-order valence-corrected chi connectivity index (χ0v) is 20.8. The summed E-state index contributed by atoms with van der Waals surface area (Å²) in [6, 6.07) is 16.8. The molecule has 1 saturated heterocycles. The molecule has 2 heterocycles. The SMILES string of the molecule is CCOC(=O)N1CCN(C(=O)C(C)n2cc(NC(=O)c3ccc(-c4ccccc4)cc3)c(C)n2)CC1. The molecule has 9 nitrogen and oxygen atoms in total. The highest BCUT2D eigenvalue weighted by atomic mass is 16.6. The highest BCUT2D eigenvalue weighted by molar-refractivity contribution is 6.04. The first kappa shape index (κ1) is 25.0. The minimum Gasteiger partial charge on any atom is -0.450 e. The number of carbonyl (C=O) groups is 3. The molecule has 1 fully saturated rings. The Morgan fingerprint density at radius 2 is 1.56 bits per heavy atom. The van der Waals surface area contributed by atoms with Crippen LogP contribution in [-0.2, 0) is 9.53 Å². The van der Waals surface area contributed by atoms with E-state index in [1.165, 1.54) is 0 Å². The van der Waals surface area contributed by atoms with Gasteiger partial charge in [0.05, 0.1) is 18.0 Å². The van der Waals surface area contributed by atoms with Crippen molar-refractivity contribution in [2.45, 2.75) is 26.8 Å². The van der Waals surface area contributed by atoms with Gasteiger partial charge in [0, 0.05) is 37.9 Å². The van der Waals surface area contributed by atoms with Gasteiger partial charge >= 0.3 is 6.09 Å². The number of piperazine rings is 1. The number of ether oxygens (including phenoxy) is 1. The van der Waals surface area contributed by atoms with Crippen molar-refractivity contribution in [3.8, 4) is 11.1 Å². The quantitative estimate of drug-likeness (QED) is 0.565. The first-order valence-corrected chi connectivity index (χ1v) is 12.1. The predicted molar refractivity (Wildman–Crippen MR) is 137 cm³/mol. The number of aryl methyl sites for hydroxylation is 1. The van der Waals surface area contributed by atoms with Crippen LogP contribution < -0.4 is 5.32 Å². The van der Waals surface area contributed by atoms with Crippen LogP contribution in [0.2, 0.25) is 0 Å². The number of hydrogen-bond donors (Lipinski definition) is 1. The number of benzene rings is 2. The summed E-state index contributed by atoms with van der Waals surface area (Å²) in [6.07, 6.45) is 1.33. The van der Waals surface area contributed by atoms with Crippen molar-refractivity contribution in [2.75, 3.05) is 38.1 Å². The van der Waals surface area contributed by atoms with Crippen LogP contribution in [0.4, 0.5) is 10.5 Å². The van der Waals surface area contributed by atoms with Crippen LogP contribution in [-0.4, -0.2) is 70.3 Å². The lowest BCUT2D eigenvalue weighted by atomic mass is 10.0. The van der Waals surface area contributed by atoms with Crippen molar-refractivity contribution < 1.29 is 19.1 Å². The summed E-state index contributed by atoms with van der Waals surface area (Å²) in [5.41, 5.74) is 3.83. The lowest BCUT2D eigenvalue weighted by Crippen LogP contribution is -2.52. The van der Waals surface area contributed by atoms with E-state index >= 15 is 0 Å². The molecule has 2 aromatic carbocycles. The first-order valence-electron chi connectivity index (χ1n) is 12.1. The Hall–Kier alpha value is -4.14. The maximum absolute atomic E-state index is 13.1. The molecule has 1 aromatic heterocycles. The fraction of sp³-hybridized carbons (Fsp3) is 0.333. The fourth-order valence-electron chi connectivity index (χ4n) is 4.14. The van der Waals surface area contributed by atoms with Gasteiger partial charge in [0.1, 0.15) is 6.04 Å². The van der Waals surface area contributed by atoms with Crippen molar-refractivity contribution in [3.05, 3.63) is 72.1 Å². The van der Waals surface area contributed by atoms with Gasteiger partial charge in [-0.25, -0.2) is 4.79 Å². The Bertz CT molecular complexity index is 1210. The van der Waals surface area contributed by atoms with Crippen molar-refractivity contribution in [3.63, 3.8) is 0 Å². The van der Waals surface area contributed by atoms with E-state index in [-0.39, 0.29) is 17.9 Å². The van der Waals surface area contributed by atoms with E-state index in [0.717, 1.165) is 11.1 Å². The molecule has 188 valence electrons. The molecule has 3 amide bonds. The normalized spacial score (nSPS) is 14.3. The highest BCUT2D eigenvalue weighted by Gasteiger charge is 2.29. The minimum absolute atomic E-state index is 0.0876. The zero-order chi connectivity index (χ0) is 25.7. The van der Waals surface area contributed by atoms with E-state index in [4.69, 9.17) is 4.74 Å². The van der Waals surface area contributed by atoms with Crippen molar-refractivity contribution in [1.29, 1.82) is 0 Å². The van der Waals surface area contributed by atoms with Gasteiger partial charge in [-0.15, -0.1) is 0 Å². The number of nitrogens with one attached hydrogen (secondary N) is 1. The molecule has 1 unspecified atom stereocenters. The molecule has 0 bridgehead atoms. The zero-order valence-electron chi connectivity index (χ0n) is 20.8. The molecule has 1 atom stereocenters. The van der Waals surface area contributed by atoms with Crippen molar-refractivity contribution in [1.82, 2.24) is 19.6 Å². The largest absolute Gasteiger partial charge is 0.450 e. The van der Waals surface area contributed by atoms with Gasteiger partial charge < -0.3 is 19.9 Å². The molecule has 9 heteroatoms. The molecule has 0 spiro atoms. The van der Waals surface area contributed by atoms with E-state index in [9.17, 15) is 14.4 Å². The van der Waals surface area contributed by atoms with E-state index in [1.54, 1.807) is 53.6 Å². The van der Waals surface area contributed by atoms with Crippen LogP contribution in [0.25, 0.3) is 11.1 Å². The topological polar surface area (TPSA) is 96.8 Å². The Labute approximate surface area is 210 Å². The average molecular weight is 490 g/mol. The maximum Gasteiger partial charge on any atom is 0.409 e. The monoisotopic (exact) mass is 489 g/mol. The Morgan fingerprint density at radius 1 is 0.944 bits per heavy atom. The number of carbonyl (C=O) groups excluding carboxylic acids is 3. The predicted octanol–water partition coefficient (Wildman–Crippen LogP) is 3.97. The molecule has 0 radical (unpaired) electrons. The highest BCUT2D eigenvalue weighted by Crippen LogP contribution is 2.22. The molecule has 4 rings (SSSR count). The lowest BCUT2D eigenvalue weighted by molar-refractivity contribution is -0.136. The molecule has 0 saturated carbocycles. The molecule has 36 heavy (non-hydrogen) atoms. The van der Waals surface area contributed by atoms with E-state index < -0.39 is 6.04 Å². The second-order valence-electron chi connectivity index (χ2n) is 8.69. The third-order valence-corrected chi connectivity index (χ3v) is 6.29. The summed E-state index contributed by atoms with van der Waals surface area (Å²) in [5, 5.41) is 7.37. The number of aromatic nitrogens is 2. The summed E-state index contributed by atoms with van der Waals surface area (Å²) in [7, 11) is 0. The maximum atomic E-state index is 13.1. The van der Waals surface area contributed by atoms with Crippen molar-refractivity contribution in [2.24, 2.45) is 0 Å². The number of hydrogen-bond acceptors (Lipinski definition) is 5. The van der Waals surface area contributed by atoms with Crippen molar-refractivity contribution >= 4 is 23.6 Å². The first-order chi connectivity index (χ1) is 17.4. The molecule has 3 aromatic rings. The number of rotatable bonds is 6. The minimum atomic E-state index is -0.548. The van der Waals surface area contributed by atoms with Gasteiger partial charge in [-0.3, -0.25) is 14.3 Å². The summed E-state index contributed by atoms with van der Waals surface area (Å²) in [4.78, 5) is 41.1. The standard InChI is InChI=1S/C27H31N5O4/c1-4-36-27(35)31-16-14-30(15-17-31)26(34)20(3)32-18-24(19(2)29-32)28-25(33)23-12-10-22(11-13-23)21-8-6-5-7-9-21/h5-13,18,20H,4,14-17H2,1-3H3,(H,28,33). The average Bonchev–Trinajstić information content (AvgIpc) is 3.28. The fourth-order valence-corrected chi connectivity index (χ4v) is 4.14. The third kappa shape index (κ3) is 5.56. The van der Waals surface area contributed by atoms with Gasteiger partial charge in [-0.1, -0.05) is 42.5 Å². The second-order valence-corrected chi connectivity index (χ2v) is 8.69. The van der Waals surface area contributed by atoms with E-state index in [2.05, 4.69) is 10.4 Å². The smallest absolute Gasteiger partial charge is 0.409 e. The molecule has 1 N–H and O–H groups in total. The second kappa shape index (κ2) is 11.1. The molecule has 1 aliphatic rings. The van der Waals surface area contributed by atoms with Crippen LogP contribution in [0.3, 0.4) is 0 Å². The van der Waals surface area contributed by atoms with Crippen LogP contribution in [0, 0.1) is 6.92 Å². The van der Waals surface area contributed by atoms with Crippen LogP contribution in [0.5, 0.6) is 0 Å². The summed E-state index contributed by atoms with van der Waals surface area (Å²) in [5.74, 6) is -0.332.